The van der Waals surface area contributed by atoms with Crippen LogP contribution in [0.25, 0.3) is 111 Å². The molecular weight excluding hydrogens is 787 g/mol. The van der Waals surface area contributed by atoms with Crippen molar-refractivity contribution in [2.45, 2.75) is 5.41 Å². The van der Waals surface area contributed by atoms with Crippen molar-refractivity contribution >= 4 is 43.1 Å². The smallest absolute Gasteiger partial charge is 0.164 e. The van der Waals surface area contributed by atoms with Gasteiger partial charge in [-0.25, -0.2) is 15.0 Å². The van der Waals surface area contributed by atoms with E-state index in [0.717, 1.165) is 16.7 Å². The molecule has 0 saturated heterocycles. The normalized spacial score (nSPS) is 13.0. The summed E-state index contributed by atoms with van der Waals surface area (Å²) in [5, 5.41) is 10.2. The number of hydrogen-bond donors (Lipinski definition) is 0. The van der Waals surface area contributed by atoms with Crippen LogP contribution in [0.2, 0.25) is 0 Å². The summed E-state index contributed by atoms with van der Waals surface area (Å²) in [5.74, 6) is 1.95. The molecule has 3 heteroatoms. The second-order valence-corrected chi connectivity index (χ2v) is 17.4. The molecule has 11 aromatic carbocycles. The Kier molecular flexibility index (Phi) is 7.61. The van der Waals surface area contributed by atoms with Crippen molar-refractivity contribution in [2.24, 2.45) is 0 Å². The van der Waals surface area contributed by atoms with E-state index in [-0.39, 0.29) is 0 Å². The monoisotopic (exact) mass is 823 g/mol. The van der Waals surface area contributed by atoms with Gasteiger partial charge in [0.25, 0.3) is 0 Å². The lowest BCUT2D eigenvalue weighted by Gasteiger charge is -2.31. The number of hydrogen-bond acceptors (Lipinski definition) is 3. The second-order valence-electron chi connectivity index (χ2n) is 17.4. The number of aromatic nitrogens is 3. The van der Waals surface area contributed by atoms with Gasteiger partial charge in [-0.15, -0.1) is 0 Å². The summed E-state index contributed by atoms with van der Waals surface area (Å²) < 4.78 is 0. The molecule has 0 radical (unpaired) electrons. The van der Waals surface area contributed by atoms with Crippen LogP contribution in [-0.4, -0.2) is 15.0 Å². The molecule has 2 aliphatic carbocycles. The maximum atomic E-state index is 5.20. The molecule has 0 atom stereocenters. The first-order valence-corrected chi connectivity index (χ1v) is 22.4. The highest BCUT2D eigenvalue weighted by Gasteiger charge is 2.52. The third-order valence-electron chi connectivity index (χ3n) is 14.1. The molecule has 0 unspecified atom stereocenters. The fourth-order valence-electron chi connectivity index (χ4n) is 11.4. The van der Waals surface area contributed by atoms with Crippen molar-refractivity contribution in [3.8, 4) is 67.5 Å². The summed E-state index contributed by atoms with van der Waals surface area (Å²) in [5.41, 5.74) is 14.8. The van der Waals surface area contributed by atoms with Crippen LogP contribution in [0.1, 0.15) is 22.3 Å². The fourth-order valence-corrected chi connectivity index (χ4v) is 11.4. The van der Waals surface area contributed by atoms with Crippen LogP contribution in [0, 0.1) is 0 Å². The average molecular weight is 824 g/mol. The summed E-state index contributed by atoms with van der Waals surface area (Å²) in [4.78, 5) is 15.4. The fraction of sp³-hybridized carbons (Fsp3) is 0.0161. The van der Waals surface area contributed by atoms with Crippen molar-refractivity contribution in [3.05, 3.63) is 247 Å². The van der Waals surface area contributed by atoms with Crippen molar-refractivity contribution in [1.82, 2.24) is 15.0 Å². The van der Waals surface area contributed by atoms with E-state index in [4.69, 9.17) is 15.0 Å². The molecule has 12 aromatic rings. The minimum atomic E-state index is -0.586. The summed E-state index contributed by atoms with van der Waals surface area (Å²) >= 11 is 0. The van der Waals surface area contributed by atoms with Gasteiger partial charge in [0, 0.05) is 16.7 Å². The van der Waals surface area contributed by atoms with Crippen LogP contribution < -0.4 is 0 Å². The van der Waals surface area contributed by atoms with Gasteiger partial charge in [-0.05, 0) is 117 Å². The van der Waals surface area contributed by atoms with E-state index < -0.39 is 5.41 Å². The molecule has 2 aliphatic rings. The first-order valence-electron chi connectivity index (χ1n) is 22.4. The van der Waals surface area contributed by atoms with Crippen LogP contribution >= 0.6 is 0 Å². The molecular formula is C62H37N3. The SMILES string of the molecule is c1ccc(-c2nc(-c3ccccc3)nc(-c3ccc4c(c3)C3(c5ccccc5-c5ccccc53)c3cc(-c5cc6c7ccccc7c7ccccc7c6c6ccccc56)ccc3-4)n2)cc1. The highest BCUT2D eigenvalue weighted by atomic mass is 15.0. The predicted molar refractivity (Wildman–Crippen MR) is 268 cm³/mol. The number of nitrogens with zero attached hydrogens (tertiary/aromatic N) is 3. The number of fused-ring (bicyclic) bond motifs is 18. The van der Waals surface area contributed by atoms with Gasteiger partial charge in [0.2, 0.25) is 0 Å². The summed E-state index contributed by atoms with van der Waals surface area (Å²) in [6.07, 6.45) is 0. The summed E-state index contributed by atoms with van der Waals surface area (Å²) in [7, 11) is 0. The predicted octanol–water partition coefficient (Wildman–Crippen LogP) is 15.5. The molecule has 0 bridgehead atoms. The van der Waals surface area contributed by atoms with Crippen LogP contribution in [0.15, 0.2) is 224 Å². The van der Waals surface area contributed by atoms with E-state index in [0.29, 0.717) is 17.5 Å². The quantitative estimate of drug-likeness (QED) is 0.166. The zero-order valence-corrected chi connectivity index (χ0v) is 35.2. The molecule has 0 fully saturated rings. The lowest BCUT2D eigenvalue weighted by Crippen LogP contribution is -2.26. The van der Waals surface area contributed by atoms with Crippen LogP contribution in [0.3, 0.4) is 0 Å². The first-order chi connectivity index (χ1) is 32.2. The number of benzene rings is 11. The Balaban J connectivity index is 1.04. The Bertz CT molecular complexity index is 3840. The Morgan fingerprint density at radius 2 is 0.615 bits per heavy atom. The minimum absolute atomic E-state index is 0.586. The summed E-state index contributed by atoms with van der Waals surface area (Å²) in [6.45, 7) is 0. The first kappa shape index (κ1) is 36.0. The Morgan fingerprint density at radius 3 is 1.18 bits per heavy atom. The van der Waals surface area contributed by atoms with Gasteiger partial charge in [0.15, 0.2) is 17.5 Å². The van der Waals surface area contributed by atoms with Gasteiger partial charge >= 0.3 is 0 Å². The third-order valence-corrected chi connectivity index (χ3v) is 14.1. The molecule has 300 valence electrons. The molecule has 14 rings (SSSR count). The lowest BCUT2D eigenvalue weighted by atomic mass is 9.70. The standard InChI is InChI=1S/C62H37N3/c1-3-17-38(18-4-1)59-63-60(39-19-5-2-6-20-39)65-61(64-59)41-32-34-49-48-33-31-40(35-56(48)62(57(49)36-41)54-29-15-13-25-46(54)47-26-14-16-30-55(47)62)52-37-53-44-23-8-7-21-42(44)43-22-9-11-27-50(43)58(53)51-28-12-10-24-45(51)52/h1-37H. The third kappa shape index (κ3) is 5.09. The molecule has 0 saturated carbocycles. The van der Waals surface area contributed by atoms with Crippen molar-refractivity contribution in [2.75, 3.05) is 0 Å². The van der Waals surface area contributed by atoms with Crippen LogP contribution in [0.4, 0.5) is 0 Å². The molecule has 0 N–H and O–H groups in total. The Hall–Kier alpha value is -8.53. The van der Waals surface area contributed by atoms with E-state index in [1.165, 1.54) is 98.7 Å². The Morgan fingerprint density at radius 1 is 0.231 bits per heavy atom. The van der Waals surface area contributed by atoms with Gasteiger partial charge in [-0.3, -0.25) is 0 Å². The van der Waals surface area contributed by atoms with Crippen molar-refractivity contribution < 1.29 is 0 Å². The van der Waals surface area contributed by atoms with E-state index in [2.05, 4.69) is 188 Å². The lowest BCUT2D eigenvalue weighted by molar-refractivity contribution is 0.794. The molecule has 0 aliphatic heterocycles. The number of rotatable bonds is 4. The maximum Gasteiger partial charge on any atom is 0.164 e. The second kappa shape index (κ2) is 13.7. The molecule has 65 heavy (non-hydrogen) atoms. The van der Waals surface area contributed by atoms with Gasteiger partial charge in [0.1, 0.15) is 0 Å². The highest BCUT2D eigenvalue weighted by molar-refractivity contribution is 6.33. The maximum absolute atomic E-state index is 5.20. The van der Waals surface area contributed by atoms with Crippen LogP contribution in [-0.2, 0) is 5.41 Å². The molecule has 1 spiro atoms. The van der Waals surface area contributed by atoms with E-state index in [1.807, 2.05) is 36.4 Å². The van der Waals surface area contributed by atoms with E-state index in [9.17, 15) is 0 Å². The molecule has 0 amide bonds. The largest absolute Gasteiger partial charge is 0.208 e. The van der Waals surface area contributed by atoms with E-state index in [1.54, 1.807) is 0 Å². The topological polar surface area (TPSA) is 38.7 Å². The Labute approximate surface area is 376 Å². The van der Waals surface area contributed by atoms with Crippen molar-refractivity contribution in [3.63, 3.8) is 0 Å². The highest BCUT2D eigenvalue weighted by Crippen LogP contribution is 2.63. The average Bonchev–Trinajstić information content (AvgIpc) is 3.85. The van der Waals surface area contributed by atoms with Crippen LogP contribution in [0.5, 0.6) is 0 Å². The zero-order valence-electron chi connectivity index (χ0n) is 35.2. The molecule has 1 aromatic heterocycles. The van der Waals surface area contributed by atoms with Gasteiger partial charge < -0.3 is 0 Å². The minimum Gasteiger partial charge on any atom is -0.208 e. The van der Waals surface area contributed by atoms with Crippen molar-refractivity contribution in [1.29, 1.82) is 0 Å². The van der Waals surface area contributed by atoms with Gasteiger partial charge in [0.05, 0.1) is 5.41 Å². The molecule has 3 nitrogen and oxygen atoms in total. The van der Waals surface area contributed by atoms with Gasteiger partial charge in [-0.1, -0.05) is 206 Å². The zero-order chi connectivity index (χ0) is 42.6. The van der Waals surface area contributed by atoms with Gasteiger partial charge in [-0.2, -0.15) is 0 Å². The van der Waals surface area contributed by atoms with E-state index >= 15 is 0 Å². The summed E-state index contributed by atoms with van der Waals surface area (Å²) in [6, 6.07) is 81.8. The molecule has 1 heterocycles.